The van der Waals surface area contributed by atoms with Crippen LogP contribution in [0.5, 0.6) is 0 Å². The van der Waals surface area contributed by atoms with Gasteiger partial charge in [-0.2, -0.15) is 5.26 Å². The largest absolute Gasteiger partial charge is 0.359 e. The highest BCUT2D eigenvalue weighted by Gasteiger charge is 2.24. The molecule has 0 aliphatic carbocycles. The Morgan fingerprint density at radius 3 is 2.75 bits per heavy atom. The average molecular weight is 292 g/mol. The van der Waals surface area contributed by atoms with E-state index < -0.39 is 0 Å². The van der Waals surface area contributed by atoms with Crippen LogP contribution in [0.4, 0.5) is 10.1 Å². The molecule has 1 aromatic carbocycles. The Hall–Kier alpha value is -1.21. The van der Waals surface area contributed by atoms with Crippen LogP contribution in [-0.4, -0.2) is 12.4 Å². The van der Waals surface area contributed by atoms with E-state index in [4.69, 9.17) is 5.26 Å². The van der Waals surface area contributed by atoms with Crippen molar-refractivity contribution in [2.24, 2.45) is 0 Å². The lowest BCUT2D eigenvalue weighted by molar-refractivity contribution is 0.593. The minimum Gasteiger partial charge on any atom is -0.359 e. The molecule has 108 valence electrons. The second-order valence-corrected chi connectivity index (χ2v) is 6.21. The van der Waals surface area contributed by atoms with Crippen LogP contribution >= 0.6 is 11.8 Å². The number of fused-ring (bicyclic) bond motifs is 1. The van der Waals surface area contributed by atoms with E-state index in [1.54, 1.807) is 17.8 Å². The van der Waals surface area contributed by atoms with Crippen LogP contribution in [0.2, 0.25) is 0 Å². The standard InChI is InChI=1S/C16H21FN2S/c1-2-3-4-5-6-7-8-19-12-20-15-10-13(11-18)9-14(17)16(15)19/h9-10H,2-8,12H2,1H3. The summed E-state index contributed by atoms with van der Waals surface area (Å²) < 4.78 is 14.1. The van der Waals surface area contributed by atoms with E-state index >= 15 is 0 Å². The number of anilines is 1. The van der Waals surface area contributed by atoms with Crippen LogP contribution in [0.15, 0.2) is 17.0 Å². The molecule has 4 heteroatoms. The number of nitrogens with zero attached hydrogens (tertiary/aromatic N) is 2. The molecule has 1 aliphatic heterocycles. The highest BCUT2D eigenvalue weighted by Crippen LogP contribution is 2.41. The Labute approximate surface area is 125 Å². The van der Waals surface area contributed by atoms with Crippen molar-refractivity contribution in [3.63, 3.8) is 0 Å². The summed E-state index contributed by atoms with van der Waals surface area (Å²) in [5.74, 6) is 0.547. The smallest absolute Gasteiger partial charge is 0.148 e. The first-order valence-corrected chi connectivity index (χ1v) is 8.36. The predicted octanol–water partition coefficient (Wildman–Crippen LogP) is 4.93. The Morgan fingerprint density at radius 1 is 1.25 bits per heavy atom. The van der Waals surface area contributed by atoms with Gasteiger partial charge in [0.2, 0.25) is 0 Å². The molecule has 0 bridgehead atoms. The molecule has 0 atom stereocenters. The summed E-state index contributed by atoms with van der Waals surface area (Å²) in [6, 6.07) is 5.15. The fraction of sp³-hybridized carbons (Fsp3) is 0.562. The van der Waals surface area contributed by atoms with Gasteiger partial charge in [-0.1, -0.05) is 39.0 Å². The number of halogens is 1. The first-order chi connectivity index (χ1) is 9.76. The van der Waals surface area contributed by atoms with Crippen molar-refractivity contribution in [1.82, 2.24) is 0 Å². The number of nitriles is 1. The predicted molar refractivity (Wildman–Crippen MR) is 82.6 cm³/mol. The van der Waals surface area contributed by atoms with E-state index in [1.807, 2.05) is 6.07 Å². The minimum atomic E-state index is -0.255. The molecule has 0 amide bonds. The second-order valence-electron chi connectivity index (χ2n) is 5.22. The molecule has 0 spiro atoms. The number of hydrogen-bond acceptors (Lipinski definition) is 3. The van der Waals surface area contributed by atoms with Crippen molar-refractivity contribution < 1.29 is 4.39 Å². The molecule has 0 fully saturated rings. The number of rotatable bonds is 7. The number of unbranched alkanes of at least 4 members (excludes halogenated alkanes) is 5. The van der Waals surface area contributed by atoms with Gasteiger partial charge in [-0.05, 0) is 18.6 Å². The first-order valence-electron chi connectivity index (χ1n) is 7.37. The molecule has 1 aliphatic rings. The lowest BCUT2D eigenvalue weighted by Gasteiger charge is -2.18. The molecule has 20 heavy (non-hydrogen) atoms. The summed E-state index contributed by atoms with van der Waals surface area (Å²) in [7, 11) is 0. The Kier molecular flexibility index (Phi) is 5.72. The van der Waals surface area contributed by atoms with Gasteiger partial charge in [0.1, 0.15) is 5.82 Å². The zero-order valence-corrected chi connectivity index (χ0v) is 12.8. The second kappa shape index (κ2) is 7.54. The molecule has 0 unspecified atom stereocenters. The third kappa shape index (κ3) is 3.67. The topological polar surface area (TPSA) is 27.0 Å². The summed E-state index contributed by atoms with van der Waals surface area (Å²) in [4.78, 5) is 3.02. The molecule has 2 nitrogen and oxygen atoms in total. The van der Waals surface area contributed by atoms with Gasteiger partial charge in [0.25, 0.3) is 0 Å². The molecule has 0 N–H and O–H groups in total. The fourth-order valence-corrected chi connectivity index (χ4v) is 3.65. The first kappa shape index (κ1) is 15.2. The van der Waals surface area contributed by atoms with E-state index in [1.165, 1.54) is 38.2 Å². The molecule has 0 aromatic heterocycles. The summed E-state index contributed by atoms with van der Waals surface area (Å²) in [6.07, 6.45) is 7.49. The maximum Gasteiger partial charge on any atom is 0.148 e. The third-order valence-corrected chi connectivity index (χ3v) is 4.69. The Balaban J connectivity index is 1.87. The third-order valence-electron chi connectivity index (χ3n) is 3.63. The van der Waals surface area contributed by atoms with Gasteiger partial charge >= 0.3 is 0 Å². The Morgan fingerprint density at radius 2 is 2.00 bits per heavy atom. The highest BCUT2D eigenvalue weighted by molar-refractivity contribution is 7.99. The van der Waals surface area contributed by atoms with Crippen LogP contribution < -0.4 is 4.90 Å². The minimum absolute atomic E-state index is 0.255. The number of thioether (sulfide) groups is 1. The van der Waals surface area contributed by atoms with E-state index in [-0.39, 0.29) is 5.82 Å². The van der Waals surface area contributed by atoms with E-state index in [0.717, 1.165) is 23.7 Å². The number of benzene rings is 1. The molecule has 1 heterocycles. The maximum absolute atomic E-state index is 14.1. The lowest BCUT2D eigenvalue weighted by Crippen LogP contribution is -2.21. The van der Waals surface area contributed by atoms with Crippen molar-refractivity contribution in [3.8, 4) is 6.07 Å². The van der Waals surface area contributed by atoms with Crippen molar-refractivity contribution in [2.75, 3.05) is 17.3 Å². The van der Waals surface area contributed by atoms with Gasteiger partial charge in [-0.25, -0.2) is 4.39 Å². The monoisotopic (exact) mass is 292 g/mol. The van der Waals surface area contributed by atoms with E-state index in [2.05, 4.69) is 11.8 Å². The van der Waals surface area contributed by atoms with E-state index in [9.17, 15) is 4.39 Å². The SMILES string of the molecule is CCCCCCCCN1CSc2cc(C#N)cc(F)c21. The van der Waals surface area contributed by atoms with Crippen molar-refractivity contribution in [1.29, 1.82) is 5.26 Å². The van der Waals surface area contributed by atoms with Gasteiger partial charge in [-0.3, -0.25) is 0 Å². The summed E-state index contributed by atoms with van der Waals surface area (Å²) in [5.41, 5.74) is 1.11. The molecule has 2 rings (SSSR count). The van der Waals surface area contributed by atoms with Crippen LogP contribution in [-0.2, 0) is 0 Å². The summed E-state index contributed by atoms with van der Waals surface area (Å²) >= 11 is 1.63. The number of hydrogen-bond donors (Lipinski definition) is 0. The van der Waals surface area contributed by atoms with Gasteiger partial charge < -0.3 is 4.90 Å². The zero-order valence-electron chi connectivity index (χ0n) is 12.0. The molecular formula is C16H21FN2S. The summed E-state index contributed by atoms with van der Waals surface area (Å²) in [5, 5.41) is 8.86. The summed E-state index contributed by atoms with van der Waals surface area (Å²) in [6.45, 7) is 3.13. The quantitative estimate of drug-likeness (QED) is 0.667. The normalized spacial score (nSPS) is 13.3. The van der Waals surface area contributed by atoms with E-state index in [0.29, 0.717) is 11.3 Å². The fourth-order valence-electron chi connectivity index (χ4n) is 2.53. The van der Waals surface area contributed by atoms with Crippen LogP contribution in [0.3, 0.4) is 0 Å². The van der Waals surface area contributed by atoms with Crippen LogP contribution in [0, 0.1) is 17.1 Å². The van der Waals surface area contributed by atoms with Crippen LogP contribution in [0.1, 0.15) is 51.0 Å². The lowest BCUT2D eigenvalue weighted by atomic mass is 10.1. The molecule has 1 aromatic rings. The molecule has 0 saturated heterocycles. The van der Waals surface area contributed by atoms with Crippen LogP contribution in [0.25, 0.3) is 0 Å². The zero-order chi connectivity index (χ0) is 14.4. The average Bonchev–Trinajstić information content (AvgIpc) is 2.86. The molecule has 0 radical (unpaired) electrons. The maximum atomic E-state index is 14.1. The van der Waals surface area contributed by atoms with Crippen molar-refractivity contribution in [2.45, 2.75) is 50.3 Å². The molecule has 0 saturated carbocycles. The van der Waals surface area contributed by atoms with Gasteiger partial charge in [-0.15, -0.1) is 11.8 Å². The molecular weight excluding hydrogens is 271 g/mol. The van der Waals surface area contributed by atoms with Crippen molar-refractivity contribution in [3.05, 3.63) is 23.5 Å². The van der Waals surface area contributed by atoms with Gasteiger partial charge in [0, 0.05) is 11.4 Å². The highest BCUT2D eigenvalue weighted by atomic mass is 32.2. The van der Waals surface area contributed by atoms with Gasteiger partial charge in [0.15, 0.2) is 0 Å². The van der Waals surface area contributed by atoms with Crippen molar-refractivity contribution >= 4 is 17.4 Å². The Bertz CT molecular complexity index is 496. The van der Waals surface area contributed by atoms with Gasteiger partial charge in [0.05, 0.1) is 23.2 Å².